The van der Waals surface area contributed by atoms with E-state index in [2.05, 4.69) is 15.3 Å². The standard InChI is InChI=1S/C12H15N3O2/c1-3-13-11-7-9(8-16-2)14-12(15-11)10-5-4-6-17-10/h4-7H,3,8H2,1-2H3,(H,13,14,15). The fraction of sp³-hybridized carbons (Fsp3) is 0.333. The molecule has 0 unspecified atom stereocenters. The van der Waals surface area contributed by atoms with E-state index in [-0.39, 0.29) is 0 Å². The summed E-state index contributed by atoms with van der Waals surface area (Å²) in [6.07, 6.45) is 1.61. The summed E-state index contributed by atoms with van der Waals surface area (Å²) in [5.74, 6) is 2.00. The maximum absolute atomic E-state index is 5.29. The van der Waals surface area contributed by atoms with Crippen LogP contribution in [0.1, 0.15) is 12.6 Å². The Hall–Kier alpha value is -1.88. The van der Waals surface area contributed by atoms with Crippen molar-refractivity contribution < 1.29 is 9.15 Å². The minimum Gasteiger partial charge on any atom is -0.461 e. The van der Waals surface area contributed by atoms with Crippen molar-refractivity contribution in [3.63, 3.8) is 0 Å². The molecule has 0 radical (unpaired) electrons. The summed E-state index contributed by atoms with van der Waals surface area (Å²) in [6.45, 7) is 3.28. The van der Waals surface area contributed by atoms with Crippen molar-refractivity contribution >= 4 is 5.82 Å². The maximum atomic E-state index is 5.29. The Morgan fingerprint density at radius 1 is 1.41 bits per heavy atom. The van der Waals surface area contributed by atoms with E-state index in [4.69, 9.17) is 9.15 Å². The minimum atomic E-state index is 0.453. The van der Waals surface area contributed by atoms with Gasteiger partial charge in [-0.1, -0.05) is 0 Å². The molecule has 0 aliphatic rings. The van der Waals surface area contributed by atoms with Crippen LogP contribution in [0.25, 0.3) is 11.6 Å². The van der Waals surface area contributed by atoms with Gasteiger partial charge in [-0.25, -0.2) is 9.97 Å². The van der Waals surface area contributed by atoms with Gasteiger partial charge in [0, 0.05) is 19.7 Å². The quantitative estimate of drug-likeness (QED) is 0.858. The number of aromatic nitrogens is 2. The first-order chi connectivity index (χ1) is 8.33. The van der Waals surface area contributed by atoms with Crippen molar-refractivity contribution in [1.29, 1.82) is 0 Å². The summed E-state index contributed by atoms with van der Waals surface area (Å²) in [7, 11) is 1.64. The van der Waals surface area contributed by atoms with E-state index < -0.39 is 0 Å². The average Bonchev–Trinajstić information content (AvgIpc) is 2.83. The summed E-state index contributed by atoms with van der Waals surface area (Å²) in [5, 5.41) is 3.16. The Morgan fingerprint density at radius 2 is 2.29 bits per heavy atom. The van der Waals surface area contributed by atoms with Crippen LogP contribution in [0.3, 0.4) is 0 Å². The van der Waals surface area contributed by atoms with Crippen molar-refractivity contribution in [3.8, 4) is 11.6 Å². The normalized spacial score (nSPS) is 10.5. The second-order valence-electron chi connectivity index (χ2n) is 3.51. The third-order valence-electron chi connectivity index (χ3n) is 2.17. The van der Waals surface area contributed by atoms with Gasteiger partial charge in [0.25, 0.3) is 0 Å². The molecule has 0 saturated carbocycles. The molecule has 90 valence electrons. The number of anilines is 1. The molecule has 0 saturated heterocycles. The van der Waals surface area contributed by atoms with E-state index in [0.717, 1.165) is 18.1 Å². The van der Waals surface area contributed by atoms with Gasteiger partial charge in [-0.2, -0.15) is 0 Å². The van der Waals surface area contributed by atoms with Crippen molar-refractivity contribution in [1.82, 2.24) is 9.97 Å². The largest absolute Gasteiger partial charge is 0.461 e. The van der Waals surface area contributed by atoms with Gasteiger partial charge in [-0.15, -0.1) is 0 Å². The molecule has 0 aromatic carbocycles. The molecule has 0 spiro atoms. The number of methoxy groups -OCH3 is 1. The minimum absolute atomic E-state index is 0.453. The topological polar surface area (TPSA) is 60.2 Å². The zero-order chi connectivity index (χ0) is 12.1. The van der Waals surface area contributed by atoms with E-state index in [1.807, 2.05) is 25.1 Å². The summed E-state index contributed by atoms with van der Waals surface area (Å²) < 4.78 is 10.4. The van der Waals surface area contributed by atoms with Crippen LogP contribution in [0.4, 0.5) is 5.82 Å². The highest BCUT2D eigenvalue weighted by molar-refractivity contribution is 5.51. The first kappa shape index (κ1) is 11.6. The van der Waals surface area contributed by atoms with E-state index in [1.54, 1.807) is 13.4 Å². The molecule has 2 aromatic heterocycles. The van der Waals surface area contributed by atoms with Gasteiger partial charge in [0.15, 0.2) is 11.6 Å². The van der Waals surface area contributed by atoms with Gasteiger partial charge in [-0.05, 0) is 19.1 Å². The lowest BCUT2D eigenvalue weighted by Crippen LogP contribution is -2.04. The second-order valence-corrected chi connectivity index (χ2v) is 3.51. The number of nitrogens with one attached hydrogen (secondary N) is 1. The molecule has 0 aliphatic heterocycles. The lowest BCUT2D eigenvalue weighted by molar-refractivity contribution is 0.181. The highest BCUT2D eigenvalue weighted by Gasteiger charge is 2.08. The van der Waals surface area contributed by atoms with Crippen LogP contribution in [0.2, 0.25) is 0 Å². The van der Waals surface area contributed by atoms with Gasteiger partial charge in [0.05, 0.1) is 18.6 Å². The van der Waals surface area contributed by atoms with Gasteiger partial charge < -0.3 is 14.5 Å². The van der Waals surface area contributed by atoms with Crippen LogP contribution in [0, 0.1) is 0 Å². The molecule has 0 amide bonds. The van der Waals surface area contributed by atoms with E-state index in [9.17, 15) is 0 Å². The first-order valence-electron chi connectivity index (χ1n) is 5.48. The lowest BCUT2D eigenvalue weighted by atomic mass is 10.3. The van der Waals surface area contributed by atoms with Crippen LogP contribution < -0.4 is 5.32 Å². The van der Waals surface area contributed by atoms with Gasteiger partial charge in [0.1, 0.15) is 5.82 Å². The Labute approximate surface area is 99.8 Å². The van der Waals surface area contributed by atoms with Gasteiger partial charge >= 0.3 is 0 Å². The van der Waals surface area contributed by atoms with Crippen LogP contribution in [0.5, 0.6) is 0 Å². The van der Waals surface area contributed by atoms with Crippen LogP contribution in [0.15, 0.2) is 28.9 Å². The first-order valence-corrected chi connectivity index (χ1v) is 5.48. The smallest absolute Gasteiger partial charge is 0.197 e. The molecule has 2 rings (SSSR count). The summed E-state index contributed by atoms with van der Waals surface area (Å²) >= 11 is 0. The Kier molecular flexibility index (Phi) is 3.72. The van der Waals surface area contributed by atoms with Gasteiger partial charge in [-0.3, -0.25) is 0 Å². The molecule has 17 heavy (non-hydrogen) atoms. The molecule has 0 aliphatic carbocycles. The maximum Gasteiger partial charge on any atom is 0.197 e. The Morgan fingerprint density at radius 3 is 2.94 bits per heavy atom. The summed E-state index contributed by atoms with van der Waals surface area (Å²) in [5.41, 5.74) is 0.824. The molecule has 5 nitrogen and oxygen atoms in total. The van der Waals surface area contributed by atoms with Crippen LogP contribution in [-0.4, -0.2) is 23.6 Å². The number of hydrogen-bond acceptors (Lipinski definition) is 5. The molecule has 5 heteroatoms. The number of hydrogen-bond donors (Lipinski definition) is 1. The zero-order valence-electron chi connectivity index (χ0n) is 9.93. The van der Waals surface area contributed by atoms with Crippen molar-refractivity contribution in [3.05, 3.63) is 30.2 Å². The molecule has 1 N–H and O–H groups in total. The monoisotopic (exact) mass is 233 g/mol. The van der Waals surface area contributed by atoms with Crippen molar-refractivity contribution in [2.24, 2.45) is 0 Å². The molecule has 0 atom stereocenters. The number of nitrogens with zero attached hydrogens (tertiary/aromatic N) is 2. The molecular formula is C12H15N3O2. The number of furan rings is 1. The third kappa shape index (κ3) is 2.82. The van der Waals surface area contributed by atoms with Crippen molar-refractivity contribution in [2.45, 2.75) is 13.5 Å². The zero-order valence-corrected chi connectivity index (χ0v) is 9.93. The Balaban J connectivity index is 2.37. The molecule has 0 fully saturated rings. The molecule has 0 bridgehead atoms. The average molecular weight is 233 g/mol. The molecular weight excluding hydrogens is 218 g/mol. The highest BCUT2D eigenvalue weighted by atomic mass is 16.5. The van der Waals surface area contributed by atoms with E-state index >= 15 is 0 Å². The predicted octanol–water partition coefficient (Wildman–Crippen LogP) is 2.31. The van der Waals surface area contributed by atoms with E-state index in [0.29, 0.717) is 18.2 Å². The lowest BCUT2D eigenvalue weighted by Gasteiger charge is -2.07. The summed E-state index contributed by atoms with van der Waals surface area (Å²) in [6, 6.07) is 5.52. The Bertz CT molecular complexity index is 444. The van der Waals surface area contributed by atoms with Crippen molar-refractivity contribution in [2.75, 3.05) is 19.0 Å². The second kappa shape index (κ2) is 5.45. The predicted molar refractivity (Wildman–Crippen MR) is 64.6 cm³/mol. The molecule has 2 heterocycles. The fourth-order valence-corrected chi connectivity index (χ4v) is 1.51. The number of rotatable bonds is 5. The third-order valence-corrected chi connectivity index (χ3v) is 2.17. The van der Waals surface area contributed by atoms with Crippen LogP contribution >= 0.6 is 0 Å². The SMILES string of the molecule is CCNc1cc(COC)nc(-c2ccco2)n1. The highest BCUT2D eigenvalue weighted by Crippen LogP contribution is 2.18. The summed E-state index contributed by atoms with van der Waals surface area (Å²) in [4.78, 5) is 8.75. The van der Waals surface area contributed by atoms with Crippen LogP contribution in [-0.2, 0) is 11.3 Å². The number of ether oxygens (including phenoxy) is 1. The fourth-order valence-electron chi connectivity index (χ4n) is 1.51. The molecule has 2 aromatic rings. The van der Waals surface area contributed by atoms with E-state index in [1.165, 1.54) is 0 Å². The van der Waals surface area contributed by atoms with Gasteiger partial charge in [0.2, 0.25) is 0 Å².